The van der Waals surface area contributed by atoms with Crippen LogP contribution in [0.3, 0.4) is 0 Å². The lowest BCUT2D eigenvalue weighted by atomic mass is 10.2. The lowest BCUT2D eigenvalue weighted by Gasteiger charge is -1.95. The normalized spacial score (nSPS) is 13.9. The number of nitrogens with zero attached hydrogens (tertiary/aromatic N) is 1. The molecule has 0 saturated carbocycles. The molecule has 1 aromatic carbocycles. The van der Waals surface area contributed by atoms with Crippen LogP contribution in [0, 0.1) is 11.3 Å². The molecule has 80 valence electrons. The first-order valence-corrected chi connectivity index (χ1v) is 5.56. The SMILES string of the molecule is C1CCOC1.N#Cc1ccc(Br)cc1N. The number of nitrogens with two attached hydrogens (primary N) is 1. The number of hydrogen-bond donors (Lipinski definition) is 1. The monoisotopic (exact) mass is 268 g/mol. The molecule has 0 aromatic heterocycles. The summed E-state index contributed by atoms with van der Waals surface area (Å²) in [7, 11) is 0. The van der Waals surface area contributed by atoms with Gasteiger partial charge in [-0.15, -0.1) is 0 Å². The maximum Gasteiger partial charge on any atom is 0.101 e. The number of nitrogen functional groups attached to an aromatic ring is 1. The van der Waals surface area contributed by atoms with Crippen molar-refractivity contribution in [1.29, 1.82) is 5.26 Å². The van der Waals surface area contributed by atoms with Crippen LogP contribution in [0.5, 0.6) is 0 Å². The van der Waals surface area contributed by atoms with Gasteiger partial charge in [-0.3, -0.25) is 0 Å². The third-order valence-electron chi connectivity index (χ3n) is 1.96. The number of halogens is 1. The number of anilines is 1. The van der Waals surface area contributed by atoms with Gasteiger partial charge in [0, 0.05) is 17.7 Å². The number of nitriles is 1. The van der Waals surface area contributed by atoms with Gasteiger partial charge < -0.3 is 10.5 Å². The maximum atomic E-state index is 8.46. The van der Waals surface area contributed by atoms with E-state index in [0.29, 0.717) is 11.3 Å². The van der Waals surface area contributed by atoms with Crippen molar-refractivity contribution in [3.63, 3.8) is 0 Å². The third-order valence-corrected chi connectivity index (χ3v) is 2.45. The molecule has 1 aromatic rings. The Morgan fingerprint density at radius 1 is 1.33 bits per heavy atom. The van der Waals surface area contributed by atoms with Crippen molar-refractivity contribution in [1.82, 2.24) is 0 Å². The van der Waals surface area contributed by atoms with Crippen LogP contribution in [0.1, 0.15) is 18.4 Å². The Morgan fingerprint density at radius 2 is 2.00 bits per heavy atom. The topological polar surface area (TPSA) is 59.0 Å². The van der Waals surface area contributed by atoms with Crippen LogP contribution >= 0.6 is 15.9 Å². The minimum atomic E-state index is 0.511. The summed E-state index contributed by atoms with van der Waals surface area (Å²) in [5, 5.41) is 8.46. The van der Waals surface area contributed by atoms with E-state index in [0.717, 1.165) is 17.7 Å². The summed E-state index contributed by atoms with van der Waals surface area (Å²) in [6.07, 6.45) is 2.56. The summed E-state index contributed by atoms with van der Waals surface area (Å²) in [4.78, 5) is 0. The Balaban J connectivity index is 0.000000187. The molecule has 2 N–H and O–H groups in total. The van der Waals surface area contributed by atoms with Gasteiger partial charge in [0.05, 0.1) is 11.3 Å². The standard InChI is InChI=1S/C7H5BrN2.C4H8O/c8-6-2-1-5(4-9)7(10)3-6;1-2-4-5-3-1/h1-3H,10H2;1-4H2. The second-order valence-electron chi connectivity index (χ2n) is 3.16. The average Bonchev–Trinajstić information content (AvgIpc) is 2.75. The fourth-order valence-corrected chi connectivity index (χ4v) is 1.52. The third kappa shape index (κ3) is 4.32. The summed E-state index contributed by atoms with van der Waals surface area (Å²) in [5.74, 6) is 0. The van der Waals surface area contributed by atoms with Gasteiger partial charge in [-0.05, 0) is 31.0 Å². The zero-order chi connectivity index (χ0) is 11.1. The van der Waals surface area contributed by atoms with Crippen molar-refractivity contribution in [3.05, 3.63) is 28.2 Å². The quantitative estimate of drug-likeness (QED) is 0.736. The molecule has 1 saturated heterocycles. The van der Waals surface area contributed by atoms with Crippen molar-refractivity contribution < 1.29 is 4.74 Å². The van der Waals surface area contributed by atoms with Gasteiger partial charge in [-0.1, -0.05) is 15.9 Å². The van der Waals surface area contributed by atoms with Gasteiger partial charge in [0.2, 0.25) is 0 Å². The molecule has 4 heteroatoms. The molecule has 1 heterocycles. The van der Waals surface area contributed by atoms with E-state index in [4.69, 9.17) is 15.7 Å². The summed E-state index contributed by atoms with van der Waals surface area (Å²) in [6.45, 7) is 2.00. The van der Waals surface area contributed by atoms with Gasteiger partial charge in [-0.2, -0.15) is 5.26 Å². The first kappa shape index (κ1) is 12.0. The molecule has 0 aliphatic carbocycles. The highest BCUT2D eigenvalue weighted by atomic mass is 79.9. The van der Waals surface area contributed by atoms with Crippen molar-refractivity contribution in [2.45, 2.75) is 12.8 Å². The fourth-order valence-electron chi connectivity index (χ4n) is 1.15. The highest BCUT2D eigenvalue weighted by Gasteiger charge is 1.96. The molecule has 0 atom stereocenters. The number of rotatable bonds is 0. The van der Waals surface area contributed by atoms with E-state index in [9.17, 15) is 0 Å². The van der Waals surface area contributed by atoms with Crippen molar-refractivity contribution >= 4 is 21.6 Å². The molecule has 2 rings (SSSR count). The minimum Gasteiger partial charge on any atom is -0.398 e. The largest absolute Gasteiger partial charge is 0.398 e. The van der Waals surface area contributed by atoms with Crippen LogP contribution in [0.4, 0.5) is 5.69 Å². The molecule has 0 amide bonds. The van der Waals surface area contributed by atoms with Crippen LogP contribution in [0.25, 0.3) is 0 Å². The van der Waals surface area contributed by atoms with Crippen molar-refractivity contribution in [2.75, 3.05) is 18.9 Å². The van der Waals surface area contributed by atoms with Crippen molar-refractivity contribution in [2.24, 2.45) is 0 Å². The number of ether oxygens (including phenoxy) is 1. The highest BCUT2D eigenvalue weighted by Crippen LogP contribution is 2.17. The molecule has 3 nitrogen and oxygen atoms in total. The first-order valence-electron chi connectivity index (χ1n) is 4.77. The Bertz CT molecular complexity index is 348. The van der Waals surface area contributed by atoms with Crippen LogP contribution in [0.2, 0.25) is 0 Å². The van der Waals surface area contributed by atoms with E-state index in [1.54, 1.807) is 18.2 Å². The fraction of sp³-hybridized carbons (Fsp3) is 0.364. The van der Waals surface area contributed by atoms with Gasteiger partial charge in [-0.25, -0.2) is 0 Å². The van der Waals surface area contributed by atoms with E-state index in [-0.39, 0.29) is 0 Å². The number of hydrogen-bond acceptors (Lipinski definition) is 3. The van der Waals surface area contributed by atoms with E-state index >= 15 is 0 Å². The predicted molar refractivity (Wildman–Crippen MR) is 63.3 cm³/mol. The van der Waals surface area contributed by atoms with Gasteiger partial charge in [0.15, 0.2) is 0 Å². The molecule has 1 aliphatic heterocycles. The first-order chi connectivity index (χ1) is 7.24. The molecule has 0 unspecified atom stereocenters. The van der Waals surface area contributed by atoms with E-state index < -0.39 is 0 Å². The zero-order valence-corrected chi connectivity index (χ0v) is 9.96. The number of benzene rings is 1. The molecule has 0 bridgehead atoms. The Hall–Kier alpha value is -1.05. The van der Waals surface area contributed by atoms with Gasteiger partial charge in [0.25, 0.3) is 0 Å². The lowest BCUT2D eigenvalue weighted by Crippen LogP contribution is -1.88. The predicted octanol–water partition coefficient (Wildman–Crippen LogP) is 2.70. The molecular weight excluding hydrogens is 256 g/mol. The zero-order valence-electron chi connectivity index (χ0n) is 8.37. The highest BCUT2D eigenvalue weighted by molar-refractivity contribution is 9.10. The molecular formula is C11H13BrN2O. The smallest absolute Gasteiger partial charge is 0.101 e. The Kier molecular flexibility index (Phi) is 5.16. The molecule has 0 spiro atoms. The Morgan fingerprint density at radius 3 is 2.40 bits per heavy atom. The van der Waals surface area contributed by atoms with E-state index in [1.807, 2.05) is 6.07 Å². The van der Waals surface area contributed by atoms with Crippen LogP contribution in [-0.2, 0) is 4.74 Å². The summed E-state index contributed by atoms with van der Waals surface area (Å²) < 4.78 is 5.84. The minimum absolute atomic E-state index is 0.511. The van der Waals surface area contributed by atoms with Gasteiger partial charge in [0.1, 0.15) is 6.07 Å². The van der Waals surface area contributed by atoms with Crippen molar-refractivity contribution in [3.8, 4) is 6.07 Å². The van der Waals surface area contributed by atoms with Crippen LogP contribution in [-0.4, -0.2) is 13.2 Å². The molecule has 1 fully saturated rings. The van der Waals surface area contributed by atoms with E-state index in [2.05, 4.69) is 15.9 Å². The summed E-state index contributed by atoms with van der Waals surface area (Å²) in [6, 6.07) is 7.15. The second-order valence-corrected chi connectivity index (χ2v) is 4.08. The average molecular weight is 269 g/mol. The van der Waals surface area contributed by atoms with Crippen LogP contribution in [0.15, 0.2) is 22.7 Å². The molecule has 1 aliphatic rings. The second kappa shape index (κ2) is 6.44. The van der Waals surface area contributed by atoms with E-state index in [1.165, 1.54) is 12.8 Å². The maximum absolute atomic E-state index is 8.46. The lowest BCUT2D eigenvalue weighted by molar-refractivity contribution is 0.198. The molecule has 15 heavy (non-hydrogen) atoms. The Labute approximate surface area is 98.0 Å². The summed E-state index contributed by atoms with van der Waals surface area (Å²) >= 11 is 3.24. The van der Waals surface area contributed by atoms with Crippen LogP contribution < -0.4 is 5.73 Å². The van der Waals surface area contributed by atoms with Gasteiger partial charge >= 0.3 is 0 Å². The summed E-state index contributed by atoms with van der Waals surface area (Å²) in [5.41, 5.74) is 6.51. The molecule has 0 radical (unpaired) electrons.